The minimum Gasteiger partial charge on any atom is -0.481 e. The smallest absolute Gasteiger partial charge is 0.395 e. The SMILES string of the molecule is C[C@@]1(C(F)(F)F)C[C@H]1C(=O)O. The highest BCUT2D eigenvalue weighted by Crippen LogP contribution is 2.62. The Kier molecular flexibility index (Phi) is 1.44. The second-order valence-electron chi connectivity index (χ2n) is 3.01. The maximum absolute atomic E-state index is 12.0. The van der Waals surface area contributed by atoms with E-state index in [1.807, 2.05) is 0 Å². The maximum atomic E-state index is 12.0. The molecule has 0 aromatic heterocycles. The normalized spacial score (nSPS) is 36.9. The lowest BCUT2D eigenvalue weighted by Crippen LogP contribution is -2.25. The van der Waals surface area contributed by atoms with Gasteiger partial charge in [-0.25, -0.2) is 0 Å². The van der Waals surface area contributed by atoms with Gasteiger partial charge in [0.2, 0.25) is 0 Å². The number of hydrogen-bond donors (Lipinski definition) is 1. The summed E-state index contributed by atoms with van der Waals surface area (Å²) in [6.07, 6.45) is -4.66. The van der Waals surface area contributed by atoms with Crippen molar-refractivity contribution in [3.05, 3.63) is 0 Å². The van der Waals surface area contributed by atoms with Crippen molar-refractivity contribution in [1.82, 2.24) is 0 Å². The third-order valence-electron chi connectivity index (χ3n) is 2.18. The van der Waals surface area contributed by atoms with Crippen LogP contribution in [0.4, 0.5) is 13.2 Å². The lowest BCUT2D eigenvalue weighted by molar-refractivity contribution is -0.189. The van der Waals surface area contributed by atoms with Gasteiger partial charge in [0.05, 0.1) is 11.3 Å². The number of carboxylic acid groups (broad SMARTS) is 1. The molecular weight excluding hydrogens is 161 g/mol. The molecule has 0 radical (unpaired) electrons. The molecule has 0 aliphatic heterocycles. The predicted octanol–water partition coefficient (Wildman–Crippen LogP) is 1.66. The first-order valence-electron chi connectivity index (χ1n) is 3.08. The molecule has 0 aromatic carbocycles. The maximum Gasteiger partial charge on any atom is 0.395 e. The first-order valence-corrected chi connectivity index (χ1v) is 3.08. The number of alkyl halides is 3. The highest BCUT2D eigenvalue weighted by atomic mass is 19.4. The molecule has 0 spiro atoms. The summed E-state index contributed by atoms with van der Waals surface area (Å²) in [7, 11) is 0. The van der Waals surface area contributed by atoms with Crippen molar-refractivity contribution in [2.24, 2.45) is 11.3 Å². The van der Waals surface area contributed by atoms with Crippen molar-refractivity contribution >= 4 is 5.97 Å². The summed E-state index contributed by atoms with van der Waals surface area (Å²) in [5.74, 6) is -2.59. The fourth-order valence-corrected chi connectivity index (χ4v) is 1.04. The van der Waals surface area contributed by atoms with Crippen LogP contribution in [0.2, 0.25) is 0 Å². The molecule has 0 amide bonds. The molecule has 0 bridgehead atoms. The van der Waals surface area contributed by atoms with Gasteiger partial charge in [0.1, 0.15) is 0 Å². The van der Waals surface area contributed by atoms with E-state index in [0.717, 1.165) is 6.92 Å². The van der Waals surface area contributed by atoms with E-state index in [1.54, 1.807) is 0 Å². The molecule has 5 heteroatoms. The van der Waals surface area contributed by atoms with Crippen LogP contribution in [0.5, 0.6) is 0 Å². The molecule has 0 aromatic rings. The Balaban J connectivity index is 2.70. The van der Waals surface area contributed by atoms with E-state index in [0.29, 0.717) is 0 Å². The highest BCUT2D eigenvalue weighted by Gasteiger charge is 2.70. The van der Waals surface area contributed by atoms with Crippen LogP contribution in [0.1, 0.15) is 13.3 Å². The molecule has 64 valence electrons. The van der Waals surface area contributed by atoms with Gasteiger partial charge >= 0.3 is 12.1 Å². The fourth-order valence-electron chi connectivity index (χ4n) is 1.04. The van der Waals surface area contributed by atoms with Crippen molar-refractivity contribution in [2.45, 2.75) is 19.5 Å². The number of carbonyl (C=O) groups is 1. The van der Waals surface area contributed by atoms with Gasteiger partial charge in [-0.3, -0.25) is 4.79 Å². The largest absolute Gasteiger partial charge is 0.481 e. The molecule has 11 heavy (non-hydrogen) atoms. The van der Waals surface area contributed by atoms with Crippen LogP contribution in [0.15, 0.2) is 0 Å². The monoisotopic (exact) mass is 168 g/mol. The zero-order chi connectivity index (χ0) is 8.86. The predicted molar refractivity (Wildman–Crippen MR) is 29.9 cm³/mol. The summed E-state index contributed by atoms with van der Waals surface area (Å²) in [4.78, 5) is 10.1. The summed E-state index contributed by atoms with van der Waals surface area (Å²) in [6.45, 7) is 0.936. The van der Waals surface area contributed by atoms with E-state index in [1.165, 1.54) is 0 Å². The van der Waals surface area contributed by atoms with Gasteiger partial charge in [0, 0.05) is 0 Å². The average molecular weight is 168 g/mol. The fraction of sp³-hybridized carbons (Fsp3) is 0.833. The first kappa shape index (κ1) is 8.36. The minimum atomic E-state index is -4.38. The van der Waals surface area contributed by atoms with Gasteiger partial charge in [0.15, 0.2) is 0 Å². The van der Waals surface area contributed by atoms with Crippen molar-refractivity contribution in [1.29, 1.82) is 0 Å². The number of halogens is 3. The second-order valence-corrected chi connectivity index (χ2v) is 3.01. The Hall–Kier alpha value is -0.740. The van der Waals surface area contributed by atoms with E-state index in [9.17, 15) is 18.0 Å². The van der Waals surface area contributed by atoms with Crippen molar-refractivity contribution in [3.63, 3.8) is 0 Å². The van der Waals surface area contributed by atoms with Crippen LogP contribution in [0.3, 0.4) is 0 Å². The molecule has 0 unspecified atom stereocenters. The lowest BCUT2D eigenvalue weighted by atomic mass is 10.1. The topological polar surface area (TPSA) is 37.3 Å². The second kappa shape index (κ2) is 1.89. The molecule has 2 nitrogen and oxygen atoms in total. The van der Waals surface area contributed by atoms with Crippen LogP contribution in [-0.2, 0) is 4.79 Å². The van der Waals surface area contributed by atoms with Crippen LogP contribution in [-0.4, -0.2) is 17.3 Å². The minimum absolute atomic E-state index is 0.286. The first-order chi connectivity index (χ1) is 4.79. The standard InChI is InChI=1S/C6H7F3O2/c1-5(6(7,8)9)2-3(5)4(10)11/h3H,2H2,1H3,(H,10,11)/t3-,5+/m0/s1. The molecule has 1 aliphatic carbocycles. The number of aliphatic carboxylic acids is 1. The Morgan fingerprint density at radius 3 is 2.18 bits per heavy atom. The van der Waals surface area contributed by atoms with E-state index in [-0.39, 0.29) is 6.42 Å². The van der Waals surface area contributed by atoms with Gasteiger partial charge in [-0.1, -0.05) is 6.92 Å². The quantitative estimate of drug-likeness (QED) is 0.646. The molecule has 0 heterocycles. The Labute approximate surface area is 61.0 Å². The highest BCUT2D eigenvalue weighted by molar-refractivity contribution is 5.74. The van der Waals surface area contributed by atoms with E-state index in [2.05, 4.69) is 0 Å². The Morgan fingerprint density at radius 1 is 1.64 bits per heavy atom. The van der Waals surface area contributed by atoms with E-state index < -0.39 is 23.5 Å². The van der Waals surface area contributed by atoms with Gasteiger partial charge in [-0.05, 0) is 6.42 Å². The van der Waals surface area contributed by atoms with Crippen LogP contribution in [0.25, 0.3) is 0 Å². The Morgan fingerprint density at radius 2 is 2.09 bits per heavy atom. The van der Waals surface area contributed by atoms with Crippen LogP contribution >= 0.6 is 0 Å². The molecular formula is C6H7F3O2. The summed E-state index contributed by atoms with van der Waals surface area (Å²) in [5.41, 5.74) is -1.97. The van der Waals surface area contributed by atoms with E-state index in [4.69, 9.17) is 5.11 Å². The number of carboxylic acids is 1. The molecule has 0 saturated heterocycles. The molecule has 1 saturated carbocycles. The molecule has 1 aliphatic rings. The summed E-state index contributed by atoms with van der Waals surface area (Å²) < 4.78 is 35.9. The third kappa shape index (κ3) is 1.08. The van der Waals surface area contributed by atoms with E-state index >= 15 is 0 Å². The number of hydrogen-bond acceptors (Lipinski definition) is 1. The van der Waals surface area contributed by atoms with Crippen LogP contribution < -0.4 is 0 Å². The average Bonchev–Trinajstić information content (AvgIpc) is 2.40. The zero-order valence-electron chi connectivity index (χ0n) is 5.77. The zero-order valence-corrected chi connectivity index (χ0v) is 5.77. The van der Waals surface area contributed by atoms with Gasteiger partial charge in [0.25, 0.3) is 0 Å². The van der Waals surface area contributed by atoms with Gasteiger partial charge in [-0.2, -0.15) is 13.2 Å². The lowest BCUT2D eigenvalue weighted by Gasteiger charge is -2.13. The summed E-state index contributed by atoms with van der Waals surface area (Å²) in [6, 6.07) is 0. The molecule has 1 fully saturated rings. The van der Waals surface area contributed by atoms with Gasteiger partial charge < -0.3 is 5.11 Å². The van der Waals surface area contributed by atoms with Gasteiger partial charge in [-0.15, -0.1) is 0 Å². The molecule has 1 rings (SSSR count). The summed E-state index contributed by atoms with van der Waals surface area (Å²) >= 11 is 0. The molecule has 1 N–H and O–H groups in total. The number of rotatable bonds is 1. The van der Waals surface area contributed by atoms with Crippen molar-refractivity contribution in [2.75, 3.05) is 0 Å². The Bertz CT molecular complexity index is 198. The van der Waals surface area contributed by atoms with Crippen molar-refractivity contribution in [3.8, 4) is 0 Å². The third-order valence-corrected chi connectivity index (χ3v) is 2.18. The van der Waals surface area contributed by atoms with Crippen LogP contribution in [0, 0.1) is 11.3 Å². The summed E-state index contributed by atoms with van der Waals surface area (Å²) in [5, 5.41) is 8.25. The molecule has 2 atom stereocenters. The van der Waals surface area contributed by atoms with Crippen molar-refractivity contribution < 1.29 is 23.1 Å².